The van der Waals surface area contributed by atoms with Crippen molar-refractivity contribution in [3.05, 3.63) is 0 Å². The first-order chi connectivity index (χ1) is 7.22. The summed E-state index contributed by atoms with van der Waals surface area (Å²) in [5.74, 6) is 1.69. The average Bonchev–Trinajstić information content (AvgIpc) is 2.70. The van der Waals surface area contributed by atoms with E-state index in [9.17, 15) is 0 Å². The van der Waals surface area contributed by atoms with E-state index < -0.39 is 0 Å². The van der Waals surface area contributed by atoms with Crippen LogP contribution in [0.5, 0.6) is 0 Å². The highest BCUT2D eigenvalue weighted by Crippen LogP contribution is 2.25. The van der Waals surface area contributed by atoms with E-state index in [0.29, 0.717) is 5.92 Å². The number of nitrogens with zero attached hydrogens (tertiary/aromatic N) is 1. The smallest absolute Gasteiger partial charge is 0.000661 e. The van der Waals surface area contributed by atoms with E-state index in [-0.39, 0.29) is 0 Å². The van der Waals surface area contributed by atoms with Crippen molar-refractivity contribution < 1.29 is 0 Å². The third kappa shape index (κ3) is 5.53. The molecule has 2 N–H and O–H groups in total. The Morgan fingerprint density at radius 3 is 2.60 bits per heavy atom. The topological polar surface area (TPSA) is 29.3 Å². The van der Waals surface area contributed by atoms with Gasteiger partial charge in [-0.15, -0.1) is 0 Å². The van der Waals surface area contributed by atoms with Gasteiger partial charge in [-0.1, -0.05) is 19.8 Å². The van der Waals surface area contributed by atoms with Crippen LogP contribution in [-0.2, 0) is 0 Å². The van der Waals surface area contributed by atoms with Gasteiger partial charge >= 0.3 is 0 Å². The van der Waals surface area contributed by atoms with Crippen LogP contribution in [-0.4, -0.2) is 31.6 Å². The fourth-order valence-electron chi connectivity index (χ4n) is 2.55. The van der Waals surface area contributed by atoms with Crippen LogP contribution < -0.4 is 5.73 Å². The molecule has 0 heterocycles. The summed E-state index contributed by atoms with van der Waals surface area (Å²) in [4.78, 5) is 2.51. The van der Waals surface area contributed by atoms with Crippen molar-refractivity contribution in [2.24, 2.45) is 17.6 Å². The predicted octanol–water partition coefficient (Wildman–Crippen LogP) is 2.48. The lowest BCUT2D eigenvalue weighted by Gasteiger charge is -2.21. The first kappa shape index (κ1) is 13.0. The SMILES string of the molecule is CC(CN)CCCN(C)CC1CCCC1. The molecule has 1 unspecified atom stereocenters. The maximum Gasteiger partial charge on any atom is 0.000661 e. The fourth-order valence-corrected chi connectivity index (χ4v) is 2.55. The Kier molecular flexibility index (Phi) is 6.26. The van der Waals surface area contributed by atoms with Gasteiger partial charge in [-0.3, -0.25) is 0 Å². The molecule has 0 aliphatic heterocycles. The van der Waals surface area contributed by atoms with Crippen molar-refractivity contribution in [3.8, 4) is 0 Å². The Morgan fingerprint density at radius 1 is 1.33 bits per heavy atom. The molecule has 1 saturated carbocycles. The molecule has 0 aromatic rings. The van der Waals surface area contributed by atoms with E-state index in [1.807, 2.05) is 0 Å². The zero-order valence-corrected chi connectivity index (χ0v) is 10.5. The van der Waals surface area contributed by atoms with Gasteiger partial charge < -0.3 is 10.6 Å². The molecule has 0 amide bonds. The molecule has 0 bridgehead atoms. The first-order valence-corrected chi connectivity index (χ1v) is 6.61. The minimum absolute atomic E-state index is 0.699. The van der Waals surface area contributed by atoms with Crippen molar-refractivity contribution in [1.82, 2.24) is 4.90 Å². The van der Waals surface area contributed by atoms with E-state index in [0.717, 1.165) is 12.5 Å². The largest absolute Gasteiger partial charge is 0.330 e. The Labute approximate surface area is 95.2 Å². The quantitative estimate of drug-likeness (QED) is 0.702. The van der Waals surface area contributed by atoms with E-state index in [1.54, 1.807) is 0 Å². The zero-order chi connectivity index (χ0) is 11.1. The summed E-state index contributed by atoms with van der Waals surface area (Å²) in [5.41, 5.74) is 5.61. The average molecular weight is 212 g/mol. The molecule has 2 heteroatoms. The fraction of sp³-hybridized carbons (Fsp3) is 1.00. The molecule has 90 valence electrons. The van der Waals surface area contributed by atoms with Crippen molar-refractivity contribution in [2.45, 2.75) is 45.4 Å². The lowest BCUT2D eigenvalue weighted by molar-refractivity contribution is 0.268. The summed E-state index contributed by atoms with van der Waals surface area (Å²) in [7, 11) is 2.27. The molecule has 1 fully saturated rings. The molecule has 1 aliphatic rings. The van der Waals surface area contributed by atoms with Crippen LogP contribution >= 0.6 is 0 Å². The Balaban J connectivity index is 2.00. The highest BCUT2D eigenvalue weighted by molar-refractivity contribution is 4.70. The minimum atomic E-state index is 0.699. The molecule has 0 radical (unpaired) electrons. The molecule has 15 heavy (non-hydrogen) atoms. The minimum Gasteiger partial charge on any atom is -0.330 e. The van der Waals surface area contributed by atoms with E-state index in [4.69, 9.17) is 5.73 Å². The Morgan fingerprint density at radius 2 is 2.00 bits per heavy atom. The second-order valence-electron chi connectivity index (χ2n) is 5.40. The third-order valence-electron chi connectivity index (χ3n) is 3.68. The number of hydrogen-bond acceptors (Lipinski definition) is 2. The Hall–Kier alpha value is -0.0800. The first-order valence-electron chi connectivity index (χ1n) is 6.61. The van der Waals surface area contributed by atoms with Gasteiger partial charge in [0.25, 0.3) is 0 Å². The lowest BCUT2D eigenvalue weighted by atomic mass is 10.1. The van der Waals surface area contributed by atoms with Crippen molar-refractivity contribution in [1.29, 1.82) is 0 Å². The van der Waals surface area contributed by atoms with Crippen LogP contribution in [0, 0.1) is 11.8 Å². The number of rotatable bonds is 7. The molecule has 0 aromatic heterocycles. The van der Waals surface area contributed by atoms with Crippen LogP contribution in [0.3, 0.4) is 0 Å². The molecule has 0 spiro atoms. The summed E-state index contributed by atoms with van der Waals surface area (Å²) < 4.78 is 0. The summed E-state index contributed by atoms with van der Waals surface area (Å²) in [6.45, 7) is 5.65. The monoisotopic (exact) mass is 212 g/mol. The summed E-state index contributed by atoms with van der Waals surface area (Å²) in [6, 6.07) is 0. The van der Waals surface area contributed by atoms with Crippen LogP contribution in [0.25, 0.3) is 0 Å². The van der Waals surface area contributed by atoms with Gasteiger partial charge in [-0.25, -0.2) is 0 Å². The van der Waals surface area contributed by atoms with Gasteiger partial charge in [-0.05, 0) is 57.7 Å². The molecule has 2 nitrogen and oxygen atoms in total. The normalized spacial score (nSPS) is 20.0. The highest BCUT2D eigenvalue weighted by Gasteiger charge is 2.16. The van der Waals surface area contributed by atoms with Crippen molar-refractivity contribution in [3.63, 3.8) is 0 Å². The van der Waals surface area contributed by atoms with Gasteiger partial charge in [0.15, 0.2) is 0 Å². The van der Waals surface area contributed by atoms with E-state index in [2.05, 4.69) is 18.9 Å². The van der Waals surface area contributed by atoms with Crippen LogP contribution in [0.2, 0.25) is 0 Å². The Bertz CT molecular complexity index is 153. The van der Waals surface area contributed by atoms with Crippen molar-refractivity contribution in [2.75, 3.05) is 26.7 Å². The standard InChI is InChI=1S/C13H28N2/c1-12(10-14)6-5-9-15(2)11-13-7-3-4-8-13/h12-13H,3-11,14H2,1-2H3. The van der Waals surface area contributed by atoms with Crippen LogP contribution in [0.4, 0.5) is 0 Å². The lowest BCUT2D eigenvalue weighted by Crippen LogP contribution is -2.26. The molecular formula is C13H28N2. The maximum atomic E-state index is 5.61. The predicted molar refractivity (Wildman–Crippen MR) is 66.9 cm³/mol. The summed E-state index contributed by atoms with van der Waals surface area (Å²) >= 11 is 0. The van der Waals surface area contributed by atoms with E-state index in [1.165, 1.54) is 51.6 Å². The van der Waals surface area contributed by atoms with Gasteiger partial charge in [0, 0.05) is 6.54 Å². The summed E-state index contributed by atoms with van der Waals surface area (Å²) in [5, 5.41) is 0. The van der Waals surface area contributed by atoms with Crippen molar-refractivity contribution >= 4 is 0 Å². The maximum absolute atomic E-state index is 5.61. The van der Waals surface area contributed by atoms with Crippen LogP contribution in [0.15, 0.2) is 0 Å². The number of nitrogens with two attached hydrogens (primary N) is 1. The van der Waals surface area contributed by atoms with Gasteiger partial charge in [-0.2, -0.15) is 0 Å². The second-order valence-corrected chi connectivity index (χ2v) is 5.40. The number of hydrogen-bond donors (Lipinski definition) is 1. The zero-order valence-electron chi connectivity index (χ0n) is 10.5. The molecule has 0 aromatic carbocycles. The molecular weight excluding hydrogens is 184 g/mol. The molecule has 0 saturated heterocycles. The highest BCUT2D eigenvalue weighted by atomic mass is 15.1. The molecule has 1 atom stereocenters. The van der Waals surface area contributed by atoms with E-state index >= 15 is 0 Å². The second kappa shape index (κ2) is 7.24. The molecule has 1 aliphatic carbocycles. The van der Waals surface area contributed by atoms with Gasteiger partial charge in [0.05, 0.1) is 0 Å². The van der Waals surface area contributed by atoms with Gasteiger partial charge in [0.1, 0.15) is 0 Å². The van der Waals surface area contributed by atoms with Gasteiger partial charge in [0.2, 0.25) is 0 Å². The molecule has 1 rings (SSSR count). The van der Waals surface area contributed by atoms with Crippen LogP contribution in [0.1, 0.15) is 45.4 Å². The third-order valence-corrected chi connectivity index (χ3v) is 3.68. The summed E-state index contributed by atoms with van der Waals surface area (Å²) in [6.07, 6.45) is 8.44.